The van der Waals surface area contributed by atoms with Crippen LogP contribution in [0.1, 0.15) is 36.6 Å². The minimum Gasteiger partial charge on any atom is -0.487 e. The lowest BCUT2D eigenvalue weighted by Crippen LogP contribution is -2.43. The van der Waals surface area contributed by atoms with Crippen molar-refractivity contribution in [3.05, 3.63) is 112 Å². The number of aliphatic hydroxyl groups is 1. The van der Waals surface area contributed by atoms with E-state index in [1.807, 2.05) is 60.7 Å². The monoisotopic (exact) mass is 442 g/mol. The van der Waals surface area contributed by atoms with Gasteiger partial charge < -0.3 is 20.1 Å². The predicted octanol–water partition coefficient (Wildman–Crippen LogP) is 4.75. The molecule has 0 amide bonds. The van der Waals surface area contributed by atoms with Gasteiger partial charge in [-0.05, 0) is 49.1 Å². The molecule has 1 atom stereocenters. The smallest absolute Gasteiger partial charge is 0.248 e. The highest BCUT2D eigenvalue weighted by Gasteiger charge is 2.21. The first-order valence-corrected chi connectivity index (χ1v) is 11.2. The molecule has 4 aromatic rings. The van der Waals surface area contributed by atoms with E-state index >= 15 is 0 Å². The first-order valence-electron chi connectivity index (χ1n) is 11.2. The molecule has 0 spiro atoms. The molecular formula is C28H30N2O3. The van der Waals surface area contributed by atoms with Crippen molar-refractivity contribution >= 4 is 10.9 Å². The lowest BCUT2D eigenvalue weighted by atomic mass is 9.94. The van der Waals surface area contributed by atoms with Gasteiger partial charge in [-0.3, -0.25) is 4.79 Å². The van der Waals surface area contributed by atoms with Crippen molar-refractivity contribution in [2.45, 2.75) is 38.5 Å². The first kappa shape index (κ1) is 22.8. The maximum absolute atomic E-state index is 12.0. The molecule has 5 heteroatoms. The summed E-state index contributed by atoms with van der Waals surface area (Å²) in [7, 11) is 0. The Hall–Kier alpha value is -3.41. The van der Waals surface area contributed by atoms with Crippen LogP contribution in [0, 0.1) is 0 Å². The number of rotatable bonds is 9. The van der Waals surface area contributed by atoms with Crippen LogP contribution in [-0.2, 0) is 13.0 Å². The van der Waals surface area contributed by atoms with Crippen molar-refractivity contribution in [2.75, 3.05) is 6.54 Å². The second kappa shape index (κ2) is 10.0. The van der Waals surface area contributed by atoms with Gasteiger partial charge in [-0.1, -0.05) is 66.7 Å². The Morgan fingerprint density at radius 2 is 1.58 bits per heavy atom. The number of benzene rings is 3. The van der Waals surface area contributed by atoms with E-state index in [4.69, 9.17) is 4.74 Å². The van der Waals surface area contributed by atoms with Crippen molar-refractivity contribution in [3.63, 3.8) is 0 Å². The standard InChI is InChI=1S/C28H30N2O3/c1-28(2,17-20-9-5-3-6-10-20)29-18-24(31)22-13-15-25(27-23(22)14-16-26(32)30-27)33-19-21-11-7-4-8-12-21/h3-16,24,29,31H,17-19H2,1-2H3,(H,30,32). The SMILES string of the molecule is CC(C)(Cc1ccccc1)NCC(O)c1ccc(OCc2ccccc2)c2[nH]c(=O)ccc12. The van der Waals surface area contributed by atoms with Gasteiger partial charge in [-0.2, -0.15) is 0 Å². The van der Waals surface area contributed by atoms with Gasteiger partial charge in [-0.15, -0.1) is 0 Å². The topological polar surface area (TPSA) is 74.3 Å². The highest BCUT2D eigenvalue weighted by atomic mass is 16.5. The molecule has 0 saturated carbocycles. The molecule has 33 heavy (non-hydrogen) atoms. The lowest BCUT2D eigenvalue weighted by Gasteiger charge is -2.28. The molecule has 4 rings (SSSR count). The Kier molecular flexibility index (Phi) is 6.92. The van der Waals surface area contributed by atoms with Gasteiger partial charge in [0, 0.05) is 23.5 Å². The van der Waals surface area contributed by atoms with Gasteiger partial charge in [0.25, 0.3) is 0 Å². The number of pyridine rings is 1. The average molecular weight is 443 g/mol. The van der Waals surface area contributed by atoms with Crippen LogP contribution >= 0.6 is 0 Å². The molecule has 1 aromatic heterocycles. The molecule has 170 valence electrons. The van der Waals surface area contributed by atoms with Crippen LogP contribution in [0.25, 0.3) is 10.9 Å². The Morgan fingerprint density at radius 1 is 0.909 bits per heavy atom. The zero-order valence-corrected chi connectivity index (χ0v) is 19.0. The third-order valence-corrected chi connectivity index (χ3v) is 5.75. The Balaban J connectivity index is 1.51. The summed E-state index contributed by atoms with van der Waals surface area (Å²) in [6.07, 6.45) is 0.109. The van der Waals surface area contributed by atoms with Gasteiger partial charge in [0.1, 0.15) is 12.4 Å². The van der Waals surface area contributed by atoms with Gasteiger partial charge in [0.15, 0.2) is 0 Å². The number of aromatic amines is 1. The maximum Gasteiger partial charge on any atom is 0.248 e. The molecule has 0 bridgehead atoms. The number of H-pyrrole nitrogens is 1. The van der Waals surface area contributed by atoms with Gasteiger partial charge in [-0.25, -0.2) is 0 Å². The number of aliphatic hydroxyl groups excluding tert-OH is 1. The largest absolute Gasteiger partial charge is 0.487 e. The van der Waals surface area contributed by atoms with E-state index in [1.165, 1.54) is 11.6 Å². The fourth-order valence-electron chi connectivity index (χ4n) is 4.05. The first-order chi connectivity index (χ1) is 15.9. The Labute approximate surface area is 194 Å². The Bertz CT molecular complexity index is 1250. The summed E-state index contributed by atoms with van der Waals surface area (Å²) < 4.78 is 6.01. The lowest BCUT2D eigenvalue weighted by molar-refractivity contribution is 0.162. The second-order valence-corrected chi connectivity index (χ2v) is 8.98. The van der Waals surface area contributed by atoms with E-state index < -0.39 is 6.10 Å². The van der Waals surface area contributed by atoms with Crippen molar-refractivity contribution in [1.29, 1.82) is 0 Å². The summed E-state index contributed by atoms with van der Waals surface area (Å²) in [6, 6.07) is 27.1. The number of fused-ring (bicyclic) bond motifs is 1. The summed E-state index contributed by atoms with van der Waals surface area (Å²) in [4.78, 5) is 14.9. The van der Waals surface area contributed by atoms with Crippen molar-refractivity contribution in [3.8, 4) is 5.75 Å². The van der Waals surface area contributed by atoms with Crippen LogP contribution < -0.4 is 15.6 Å². The number of hydrogen-bond acceptors (Lipinski definition) is 4. The molecule has 0 fully saturated rings. The minimum absolute atomic E-state index is 0.189. The minimum atomic E-state index is -0.739. The van der Waals surface area contributed by atoms with E-state index in [2.05, 4.69) is 36.3 Å². The maximum atomic E-state index is 12.0. The van der Waals surface area contributed by atoms with Crippen molar-refractivity contribution in [2.24, 2.45) is 0 Å². The summed E-state index contributed by atoms with van der Waals surface area (Å²) in [5.74, 6) is 0.583. The number of ether oxygens (including phenoxy) is 1. The van der Waals surface area contributed by atoms with E-state index in [-0.39, 0.29) is 11.1 Å². The fraction of sp³-hybridized carbons (Fsp3) is 0.250. The molecule has 0 aliphatic rings. The molecule has 3 aromatic carbocycles. The Morgan fingerprint density at radius 3 is 2.27 bits per heavy atom. The third kappa shape index (κ3) is 5.89. The molecule has 0 aliphatic heterocycles. The van der Waals surface area contributed by atoms with E-state index in [0.29, 0.717) is 24.4 Å². The second-order valence-electron chi connectivity index (χ2n) is 8.98. The quantitative estimate of drug-likeness (QED) is 0.350. The average Bonchev–Trinajstić information content (AvgIpc) is 2.82. The summed E-state index contributed by atoms with van der Waals surface area (Å²) in [6.45, 7) is 5.04. The van der Waals surface area contributed by atoms with Crippen molar-refractivity contribution < 1.29 is 9.84 Å². The molecule has 0 aliphatic carbocycles. The van der Waals surface area contributed by atoms with Crippen molar-refractivity contribution in [1.82, 2.24) is 10.3 Å². The van der Waals surface area contributed by atoms with E-state index in [9.17, 15) is 9.90 Å². The zero-order chi connectivity index (χ0) is 23.3. The predicted molar refractivity (Wildman–Crippen MR) is 133 cm³/mol. The third-order valence-electron chi connectivity index (χ3n) is 5.75. The van der Waals surface area contributed by atoms with Gasteiger partial charge in [0.05, 0.1) is 11.6 Å². The number of aromatic nitrogens is 1. The fourth-order valence-corrected chi connectivity index (χ4v) is 4.05. The molecule has 1 unspecified atom stereocenters. The van der Waals surface area contributed by atoms with Crippen LogP contribution in [0.2, 0.25) is 0 Å². The number of hydrogen-bond donors (Lipinski definition) is 3. The van der Waals surface area contributed by atoms with Crippen LogP contribution in [0.4, 0.5) is 0 Å². The van der Waals surface area contributed by atoms with Gasteiger partial charge in [0.2, 0.25) is 5.56 Å². The van der Waals surface area contributed by atoms with Gasteiger partial charge >= 0.3 is 0 Å². The summed E-state index contributed by atoms with van der Waals surface area (Å²) in [5.41, 5.74) is 3.23. The van der Waals surface area contributed by atoms with E-state index in [1.54, 1.807) is 6.07 Å². The highest BCUT2D eigenvalue weighted by Crippen LogP contribution is 2.30. The molecule has 0 saturated heterocycles. The van der Waals surface area contributed by atoms with Crippen LogP contribution in [0.15, 0.2) is 89.7 Å². The molecule has 5 nitrogen and oxygen atoms in total. The van der Waals surface area contributed by atoms with E-state index in [0.717, 1.165) is 22.9 Å². The molecule has 3 N–H and O–H groups in total. The molecule has 1 heterocycles. The number of β-amino-alcohol motifs (C(OH)–C–C–N with tert-alkyl or cyclic N) is 1. The molecular weight excluding hydrogens is 412 g/mol. The summed E-state index contributed by atoms with van der Waals surface area (Å²) in [5, 5.41) is 15.3. The zero-order valence-electron chi connectivity index (χ0n) is 19.0. The highest BCUT2D eigenvalue weighted by molar-refractivity contribution is 5.87. The van der Waals surface area contributed by atoms with Crippen LogP contribution in [0.5, 0.6) is 5.75 Å². The van der Waals surface area contributed by atoms with Crippen LogP contribution in [0.3, 0.4) is 0 Å². The summed E-state index contributed by atoms with van der Waals surface area (Å²) >= 11 is 0. The number of nitrogens with one attached hydrogen (secondary N) is 2. The molecule has 0 radical (unpaired) electrons. The van der Waals surface area contributed by atoms with Crippen LogP contribution in [-0.4, -0.2) is 22.2 Å². The normalized spacial score (nSPS) is 12.6.